The first-order valence-electron chi connectivity index (χ1n) is 7.63. The zero-order chi connectivity index (χ0) is 16.8. The molecule has 0 saturated carbocycles. The summed E-state index contributed by atoms with van der Waals surface area (Å²) in [7, 11) is 0. The SMILES string of the molecule is CSc1ccc([C@@H](C)NC(=O)COc2c(C)cccc2C)cc1. The van der Waals surface area contributed by atoms with E-state index in [-0.39, 0.29) is 18.6 Å². The van der Waals surface area contributed by atoms with Crippen molar-refractivity contribution >= 4 is 17.7 Å². The number of amides is 1. The van der Waals surface area contributed by atoms with E-state index in [1.807, 2.05) is 57.4 Å². The van der Waals surface area contributed by atoms with E-state index in [0.29, 0.717) is 0 Å². The molecule has 0 saturated heterocycles. The molecule has 2 rings (SSSR count). The summed E-state index contributed by atoms with van der Waals surface area (Å²) in [5.74, 6) is 0.675. The second-order valence-corrected chi connectivity index (χ2v) is 6.45. The molecule has 0 aliphatic carbocycles. The Balaban J connectivity index is 1.91. The van der Waals surface area contributed by atoms with Crippen LogP contribution in [0.15, 0.2) is 47.4 Å². The van der Waals surface area contributed by atoms with Crippen LogP contribution in [-0.2, 0) is 4.79 Å². The summed E-state index contributed by atoms with van der Waals surface area (Å²) < 4.78 is 5.69. The molecule has 4 heteroatoms. The molecule has 0 heterocycles. The van der Waals surface area contributed by atoms with Crippen LogP contribution < -0.4 is 10.1 Å². The Morgan fingerprint density at radius 2 is 1.74 bits per heavy atom. The van der Waals surface area contributed by atoms with Crippen LogP contribution in [0.4, 0.5) is 0 Å². The summed E-state index contributed by atoms with van der Waals surface area (Å²) in [5, 5.41) is 2.97. The monoisotopic (exact) mass is 329 g/mol. The number of hydrogen-bond donors (Lipinski definition) is 1. The fourth-order valence-electron chi connectivity index (χ4n) is 2.42. The fraction of sp³-hybridized carbons (Fsp3) is 0.316. The fourth-order valence-corrected chi connectivity index (χ4v) is 2.83. The Hall–Kier alpha value is -1.94. The molecule has 2 aromatic carbocycles. The van der Waals surface area contributed by atoms with Gasteiger partial charge in [-0.1, -0.05) is 30.3 Å². The molecule has 0 aliphatic rings. The van der Waals surface area contributed by atoms with Crippen LogP contribution in [0.25, 0.3) is 0 Å². The van der Waals surface area contributed by atoms with Gasteiger partial charge in [0.15, 0.2) is 6.61 Å². The van der Waals surface area contributed by atoms with E-state index in [0.717, 1.165) is 22.4 Å². The molecule has 2 aromatic rings. The molecule has 0 radical (unpaired) electrons. The van der Waals surface area contributed by atoms with Crippen molar-refractivity contribution in [3.63, 3.8) is 0 Å². The number of aryl methyl sites for hydroxylation is 2. The minimum absolute atomic E-state index is 0.0267. The third kappa shape index (κ3) is 4.76. The van der Waals surface area contributed by atoms with E-state index in [1.165, 1.54) is 4.90 Å². The Morgan fingerprint density at radius 1 is 1.13 bits per heavy atom. The van der Waals surface area contributed by atoms with Crippen molar-refractivity contribution < 1.29 is 9.53 Å². The summed E-state index contributed by atoms with van der Waals surface area (Å²) in [4.78, 5) is 13.3. The summed E-state index contributed by atoms with van der Waals surface area (Å²) >= 11 is 1.70. The highest BCUT2D eigenvalue weighted by Gasteiger charge is 2.11. The third-order valence-corrected chi connectivity index (χ3v) is 4.49. The minimum Gasteiger partial charge on any atom is -0.483 e. The first-order chi connectivity index (χ1) is 11.0. The molecule has 0 unspecified atom stereocenters. The van der Waals surface area contributed by atoms with Crippen LogP contribution in [0, 0.1) is 13.8 Å². The Labute approximate surface area is 142 Å². The van der Waals surface area contributed by atoms with Crippen molar-refractivity contribution in [1.82, 2.24) is 5.32 Å². The summed E-state index contributed by atoms with van der Waals surface area (Å²) in [6.07, 6.45) is 2.05. The number of nitrogens with one attached hydrogen (secondary N) is 1. The van der Waals surface area contributed by atoms with Crippen LogP contribution in [0.1, 0.15) is 29.7 Å². The van der Waals surface area contributed by atoms with Gasteiger partial charge in [-0.3, -0.25) is 4.79 Å². The van der Waals surface area contributed by atoms with Gasteiger partial charge >= 0.3 is 0 Å². The first-order valence-corrected chi connectivity index (χ1v) is 8.86. The smallest absolute Gasteiger partial charge is 0.258 e. The molecule has 122 valence electrons. The number of carbonyl (C=O) groups is 1. The maximum Gasteiger partial charge on any atom is 0.258 e. The van der Waals surface area contributed by atoms with Gasteiger partial charge in [0.25, 0.3) is 5.91 Å². The minimum atomic E-state index is -0.117. The van der Waals surface area contributed by atoms with Crippen molar-refractivity contribution in [3.8, 4) is 5.75 Å². The zero-order valence-corrected chi connectivity index (χ0v) is 14.9. The van der Waals surface area contributed by atoms with E-state index in [9.17, 15) is 4.79 Å². The van der Waals surface area contributed by atoms with Crippen LogP contribution >= 0.6 is 11.8 Å². The van der Waals surface area contributed by atoms with E-state index >= 15 is 0 Å². The van der Waals surface area contributed by atoms with Crippen LogP contribution in [0.3, 0.4) is 0 Å². The number of para-hydroxylation sites is 1. The third-order valence-electron chi connectivity index (χ3n) is 3.75. The Morgan fingerprint density at radius 3 is 2.30 bits per heavy atom. The molecule has 1 N–H and O–H groups in total. The van der Waals surface area contributed by atoms with E-state index in [4.69, 9.17) is 4.74 Å². The highest BCUT2D eigenvalue weighted by atomic mass is 32.2. The number of rotatable bonds is 6. The van der Waals surface area contributed by atoms with E-state index in [2.05, 4.69) is 17.4 Å². The molecule has 1 amide bonds. The largest absolute Gasteiger partial charge is 0.483 e. The molecular formula is C19H23NO2S. The standard InChI is InChI=1S/C19H23NO2S/c1-13-6-5-7-14(2)19(13)22-12-18(21)20-15(3)16-8-10-17(23-4)11-9-16/h5-11,15H,12H2,1-4H3,(H,20,21)/t15-/m1/s1. The van der Waals surface area contributed by atoms with E-state index < -0.39 is 0 Å². The lowest BCUT2D eigenvalue weighted by Gasteiger charge is -2.16. The molecule has 1 atom stereocenters. The van der Waals surface area contributed by atoms with Gasteiger partial charge in [0.1, 0.15) is 5.75 Å². The van der Waals surface area contributed by atoms with Gasteiger partial charge in [-0.05, 0) is 55.9 Å². The van der Waals surface area contributed by atoms with Gasteiger partial charge in [0.2, 0.25) is 0 Å². The van der Waals surface area contributed by atoms with Crippen LogP contribution in [-0.4, -0.2) is 18.8 Å². The number of carbonyl (C=O) groups excluding carboxylic acids is 1. The quantitative estimate of drug-likeness (QED) is 0.804. The topological polar surface area (TPSA) is 38.3 Å². The average Bonchev–Trinajstić information content (AvgIpc) is 2.54. The van der Waals surface area contributed by atoms with Crippen molar-refractivity contribution in [1.29, 1.82) is 0 Å². The van der Waals surface area contributed by atoms with Gasteiger partial charge < -0.3 is 10.1 Å². The zero-order valence-electron chi connectivity index (χ0n) is 14.1. The summed E-state index contributed by atoms with van der Waals surface area (Å²) in [6.45, 7) is 5.97. The van der Waals surface area contributed by atoms with Crippen molar-refractivity contribution in [3.05, 3.63) is 59.2 Å². The van der Waals surface area contributed by atoms with Crippen molar-refractivity contribution in [2.45, 2.75) is 31.7 Å². The Bertz CT molecular complexity index is 647. The molecule has 0 fully saturated rings. The molecule has 0 spiro atoms. The molecule has 23 heavy (non-hydrogen) atoms. The summed E-state index contributed by atoms with van der Waals surface area (Å²) in [6, 6.07) is 14.1. The number of benzene rings is 2. The van der Waals surface area contributed by atoms with Gasteiger partial charge in [-0.2, -0.15) is 0 Å². The molecular weight excluding hydrogens is 306 g/mol. The normalized spacial score (nSPS) is 11.8. The maximum absolute atomic E-state index is 12.1. The second kappa shape index (κ2) is 8.06. The van der Waals surface area contributed by atoms with Crippen LogP contribution in [0.5, 0.6) is 5.75 Å². The predicted molar refractivity (Wildman–Crippen MR) is 96.2 cm³/mol. The maximum atomic E-state index is 12.1. The lowest BCUT2D eigenvalue weighted by molar-refractivity contribution is -0.123. The van der Waals surface area contributed by atoms with Gasteiger partial charge in [-0.15, -0.1) is 11.8 Å². The number of hydrogen-bond acceptors (Lipinski definition) is 3. The number of thioether (sulfide) groups is 1. The first kappa shape index (κ1) is 17.4. The summed E-state index contributed by atoms with van der Waals surface area (Å²) in [5.41, 5.74) is 3.17. The highest BCUT2D eigenvalue weighted by molar-refractivity contribution is 7.98. The number of ether oxygens (including phenoxy) is 1. The lowest BCUT2D eigenvalue weighted by Crippen LogP contribution is -2.31. The molecule has 3 nitrogen and oxygen atoms in total. The molecule has 0 aromatic heterocycles. The lowest BCUT2D eigenvalue weighted by atomic mass is 10.1. The molecule has 0 bridgehead atoms. The van der Waals surface area contributed by atoms with Gasteiger partial charge in [-0.25, -0.2) is 0 Å². The van der Waals surface area contributed by atoms with Crippen LogP contribution in [0.2, 0.25) is 0 Å². The van der Waals surface area contributed by atoms with Crippen molar-refractivity contribution in [2.75, 3.05) is 12.9 Å². The van der Waals surface area contributed by atoms with Gasteiger partial charge in [0, 0.05) is 4.90 Å². The molecule has 0 aliphatic heterocycles. The Kier molecular flexibility index (Phi) is 6.11. The predicted octanol–water partition coefficient (Wildman–Crippen LogP) is 4.28. The van der Waals surface area contributed by atoms with Gasteiger partial charge in [0.05, 0.1) is 6.04 Å². The average molecular weight is 329 g/mol. The van der Waals surface area contributed by atoms with Crippen molar-refractivity contribution in [2.24, 2.45) is 0 Å². The second-order valence-electron chi connectivity index (χ2n) is 5.57. The van der Waals surface area contributed by atoms with E-state index in [1.54, 1.807) is 11.8 Å². The highest BCUT2D eigenvalue weighted by Crippen LogP contribution is 2.22.